The molecular formula is C17H25N3O2S. The van der Waals surface area contributed by atoms with E-state index in [2.05, 4.69) is 17.6 Å². The van der Waals surface area contributed by atoms with E-state index in [-0.39, 0.29) is 22.8 Å². The highest BCUT2D eigenvalue weighted by atomic mass is 32.2. The number of nitrogens with zero attached hydrogens (tertiary/aromatic N) is 1. The average molecular weight is 335 g/mol. The highest BCUT2D eigenvalue weighted by Gasteiger charge is 2.25. The molecule has 0 spiro atoms. The van der Waals surface area contributed by atoms with E-state index in [0.717, 1.165) is 30.9 Å². The van der Waals surface area contributed by atoms with Crippen molar-refractivity contribution in [3.63, 3.8) is 0 Å². The van der Waals surface area contributed by atoms with Crippen molar-refractivity contribution in [3.05, 3.63) is 29.8 Å². The molecule has 1 saturated heterocycles. The van der Waals surface area contributed by atoms with Crippen molar-refractivity contribution < 1.29 is 9.59 Å². The van der Waals surface area contributed by atoms with Gasteiger partial charge in [0.15, 0.2) is 0 Å². The zero-order valence-electron chi connectivity index (χ0n) is 14.0. The summed E-state index contributed by atoms with van der Waals surface area (Å²) < 4.78 is 0. The van der Waals surface area contributed by atoms with E-state index in [1.165, 1.54) is 11.8 Å². The molecule has 2 atom stereocenters. The fourth-order valence-electron chi connectivity index (χ4n) is 2.50. The second-order valence-corrected chi connectivity index (χ2v) is 7.34. The predicted molar refractivity (Wildman–Crippen MR) is 95.8 cm³/mol. The lowest BCUT2D eigenvalue weighted by atomic mass is 10.2. The van der Waals surface area contributed by atoms with Gasteiger partial charge in [0.05, 0.1) is 11.0 Å². The van der Waals surface area contributed by atoms with Gasteiger partial charge in [-0.05, 0) is 32.9 Å². The van der Waals surface area contributed by atoms with Crippen LogP contribution in [0.4, 0.5) is 5.69 Å². The van der Waals surface area contributed by atoms with Crippen molar-refractivity contribution in [2.24, 2.45) is 0 Å². The second kappa shape index (κ2) is 8.36. The van der Waals surface area contributed by atoms with Gasteiger partial charge in [-0.3, -0.25) is 9.59 Å². The standard InChI is InChI=1S/C17H25N3O2S/c1-12-4-6-15(7-5-12)19-16(21)11-23-14(3)17(22)20-9-8-18-13(2)10-20/h4-7,13-14,18H,8-11H2,1-3H3,(H,19,21). The van der Waals surface area contributed by atoms with Crippen molar-refractivity contribution in [2.45, 2.75) is 32.1 Å². The quantitative estimate of drug-likeness (QED) is 0.862. The van der Waals surface area contributed by atoms with Crippen molar-refractivity contribution in [2.75, 3.05) is 30.7 Å². The first-order valence-electron chi connectivity index (χ1n) is 7.96. The molecule has 2 unspecified atom stereocenters. The first-order chi connectivity index (χ1) is 11.0. The first-order valence-corrected chi connectivity index (χ1v) is 9.01. The summed E-state index contributed by atoms with van der Waals surface area (Å²) >= 11 is 1.39. The molecule has 126 valence electrons. The summed E-state index contributed by atoms with van der Waals surface area (Å²) in [7, 11) is 0. The topological polar surface area (TPSA) is 61.4 Å². The number of carbonyl (C=O) groups excluding carboxylic acids is 2. The molecule has 1 aromatic carbocycles. The van der Waals surface area contributed by atoms with Gasteiger partial charge in [0.1, 0.15) is 0 Å². The van der Waals surface area contributed by atoms with Crippen molar-refractivity contribution in [1.82, 2.24) is 10.2 Å². The number of piperazine rings is 1. The molecule has 0 bridgehead atoms. The summed E-state index contributed by atoms with van der Waals surface area (Å²) in [5, 5.41) is 5.97. The van der Waals surface area contributed by atoms with E-state index in [0.29, 0.717) is 6.04 Å². The normalized spacial score (nSPS) is 19.3. The molecule has 2 N–H and O–H groups in total. The predicted octanol–water partition coefficient (Wildman–Crippen LogP) is 1.88. The molecule has 1 aliphatic heterocycles. The molecular weight excluding hydrogens is 310 g/mol. The van der Waals surface area contributed by atoms with E-state index in [4.69, 9.17) is 0 Å². The Bertz CT molecular complexity index is 547. The number of carbonyl (C=O) groups is 2. The monoisotopic (exact) mass is 335 g/mol. The Hall–Kier alpha value is -1.53. The molecule has 0 saturated carbocycles. The number of hydrogen-bond acceptors (Lipinski definition) is 4. The van der Waals surface area contributed by atoms with Crippen LogP contribution in [0.15, 0.2) is 24.3 Å². The summed E-state index contributed by atoms with van der Waals surface area (Å²) in [5.41, 5.74) is 1.94. The van der Waals surface area contributed by atoms with E-state index in [9.17, 15) is 9.59 Å². The number of aryl methyl sites for hydroxylation is 1. The third-order valence-corrected chi connectivity index (χ3v) is 4.96. The van der Waals surface area contributed by atoms with Crippen LogP contribution >= 0.6 is 11.8 Å². The molecule has 2 rings (SSSR count). The number of anilines is 1. The van der Waals surface area contributed by atoms with Gasteiger partial charge in [-0.2, -0.15) is 0 Å². The smallest absolute Gasteiger partial charge is 0.235 e. The first kappa shape index (κ1) is 17.8. The van der Waals surface area contributed by atoms with Crippen LogP contribution in [-0.4, -0.2) is 53.4 Å². The Balaban J connectivity index is 1.76. The van der Waals surface area contributed by atoms with Crippen LogP contribution in [-0.2, 0) is 9.59 Å². The minimum Gasteiger partial charge on any atom is -0.339 e. The van der Waals surface area contributed by atoms with Gasteiger partial charge in [-0.15, -0.1) is 11.8 Å². The van der Waals surface area contributed by atoms with Gasteiger partial charge in [0.2, 0.25) is 11.8 Å². The van der Waals surface area contributed by atoms with Crippen LogP contribution in [0, 0.1) is 6.92 Å². The minimum absolute atomic E-state index is 0.0767. The number of thioether (sulfide) groups is 1. The van der Waals surface area contributed by atoms with E-state index >= 15 is 0 Å². The van der Waals surface area contributed by atoms with Gasteiger partial charge in [-0.1, -0.05) is 17.7 Å². The lowest BCUT2D eigenvalue weighted by Gasteiger charge is -2.33. The molecule has 1 heterocycles. The van der Waals surface area contributed by atoms with E-state index in [1.807, 2.05) is 43.0 Å². The highest BCUT2D eigenvalue weighted by molar-refractivity contribution is 8.01. The lowest BCUT2D eigenvalue weighted by Crippen LogP contribution is -2.53. The lowest BCUT2D eigenvalue weighted by molar-refractivity contribution is -0.131. The van der Waals surface area contributed by atoms with Gasteiger partial charge < -0.3 is 15.5 Å². The Labute approximate surface area is 142 Å². The zero-order valence-corrected chi connectivity index (χ0v) is 14.8. The van der Waals surface area contributed by atoms with Gasteiger partial charge in [0.25, 0.3) is 0 Å². The maximum Gasteiger partial charge on any atom is 0.235 e. The Morgan fingerprint density at radius 1 is 1.39 bits per heavy atom. The third kappa shape index (κ3) is 5.55. The molecule has 23 heavy (non-hydrogen) atoms. The van der Waals surface area contributed by atoms with Crippen molar-refractivity contribution >= 4 is 29.3 Å². The maximum absolute atomic E-state index is 12.4. The van der Waals surface area contributed by atoms with Crippen molar-refractivity contribution in [1.29, 1.82) is 0 Å². The van der Waals surface area contributed by atoms with E-state index in [1.54, 1.807) is 0 Å². The fourth-order valence-corrected chi connectivity index (χ4v) is 3.26. The molecule has 0 aliphatic carbocycles. The molecule has 0 radical (unpaired) electrons. The SMILES string of the molecule is Cc1ccc(NC(=O)CSC(C)C(=O)N2CCNC(C)C2)cc1. The Kier molecular flexibility index (Phi) is 6.47. The number of hydrogen-bond donors (Lipinski definition) is 2. The molecule has 6 heteroatoms. The Morgan fingerprint density at radius 2 is 2.09 bits per heavy atom. The van der Waals surface area contributed by atoms with Crippen LogP contribution in [0.2, 0.25) is 0 Å². The number of benzene rings is 1. The molecule has 2 amide bonds. The summed E-state index contributed by atoms with van der Waals surface area (Å²) in [5.74, 6) is 0.321. The van der Waals surface area contributed by atoms with Gasteiger partial charge >= 0.3 is 0 Å². The van der Waals surface area contributed by atoms with Crippen LogP contribution in [0.1, 0.15) is 19.4 Å². The second-order valence-electron chi connectivity index (χ2n) is 6.01. The van der Waals surface area contributed by atoms with Gasteiger partial charge in [0, 0.05) is 31.4 Å². The summed E-state index contributed by atoms with van der Waals surface area (Å²) in [6.07, 6.45) is 0. The third-order valence-electron chi connectivity index (χ3n) is 3.83. The van der Waals surface area contributed by atoms with Crippen LogP contribution < -0.4 is 10.6 Å². The average Bonchev–Trinajstić information content (AvgIpc) is 2.54. The minimum atomic E-state index is -0.205. The summed E-state index contributed by atoms with van der Waals surface area (Å²) in [6.45, 7) is 8.26. The number of rotatable bonds is 5. The van der Waals surface area contributed by atoms with Crippen LogP contribution in [0.25, 0.3) is 0 Å². The summed E-state index contributed by atoms with van der Waals surface area (Å²) in [4.78, 5) is 26.3. The largest absolute Gasteiger partial charge is 0.339 e. The molecule has 0 aromatic heterocycles. The molecule has 1 aliphatic rings. The van der Waals surface area contributed by atoms with Crippen LogP contribution in [0.3, 0.4) is 0 Å². The number of amides is 2. The Morgan fingerprint density at radius 3 is 2.74 bits per heavy atom. The fraction of sp³-hybridized carbons (Fsp3) is 0.529. The molecule has 5 nitrogen and oxygen atoms in total. The molecule has 1 fully saturated rings. The maximum atomic E-state index is 12.4. The molecule has 1 aromatic rings. The number of nitrogens with one attached hydrogen (secondary N) is 2. The van der Waals surface area contributed by atoms with E-state index < -0.39 is 0 Å². The summed E-state index contributed by atoms with van der Waals surface area (Å²) in [6, 6.07) is 8.01. The highest BCUT2D eigenvalue weighted by Crippen LogP contribution is 2.16. The van der Waals surface area contributed by atoms with Gasteiger partial charge in [-0.25, -0.2) is 0 Å². The van der Waals surface area contributed by atoms with Crippen LogP contribution in [0.5, 0.6) is 0 Å². The van der Waals surface area contributed by atoms with Crippen molar-refractivity contribution in [3.8, 4) is 0 Å². The zero-order chi connectivity index (χ0) is 16.8.